The second-order valence-electron chi connectivity index (χ2n) is 4.48. The molecule has 1 aromatic rings. The molecule has 0 bridgehead atoms. The van der Waals surface area contributed by atoms with Gasteiger partial charge in [-0.3, -0.25) is 4.90 Å². The molecule has 7 heteroatoms. The van der Waals surface area contributed by atoms with Crippen LogP contribution in [0.25, 0.3) is 0 Å². The molecule has 1 aromatic carbocycles. The normalized spacial score (nSPS) is 13.0. The maximum atomic E-state index is 12.5. The Kier molecular flexibility index (Phi) is 6.46. The van der Waals surface area contributed by atoms with E-state index in [0.29, 0.717) is 6.54 Å². The van der Waals surface area contributed by atoms with Crippen LogP contribution in [0.5, 0.6) is 5.75 Å². The number of ether oxygens (including phenoxy) is 1. The Labute approximate surface area is 121 Å². The lowest BCUT2D eigenvalue weighted by Crippen LogP contribution is -2.35. The minimum Gasteiger partial charge on any atom is -0.491 e. The van der Waals surface area contributed by atoms with Gasteiger partial charge in [0, 0.05) is 6.54 Å². The third-order valence-corrected chi connectivity index (χ3v) is 2.81. The van der Waals surface area contributed by atoms with Gasteiger partial charge >= 0.3 is 6.18 Å². The minimum absolute atomic E-state index is 0.0483. The first-order chi connectivity index (χ1) is 9.86. The third kappa shape index (κ3) is 6.02. The van der Waals surface area contributed by atoms with Crippen LogP contribution in [0.1, 0.15) is 12.5 Å². The first kappa shape index (κ1) is 17.3. The summed E-state index contributed by atoms with van der Waals surface area (Å²) in [5.74, 6) is 0.0483. The van der Waals surface area contributed by atoms with Crippen LogP contribution in [0, 0.1) is 11.3 Å². The molecule has 0 saturated carbocycles. The molecular weight excluding hydrogens is 285 g/mol. The number of halogens is 3. The summed E-state index contributed by atoms with van der Waals surface area (Å²) in [6.07, 6.45) is -5.31. The van der Waals surface area contributed by atoms with Crippen molar-refractivity contribution in [2.45, 2.75) is 19.2 Å². The summed E-state index contributed by atoms with van der Waals surface area (Å²) < 4.78 is 42.7. The van der Waals surface area contributed by atoms with Crippen molar-refractivity contribution in [3.05, 3.63) is 29.8 Å². The standard InChI is InChI=1S/C14H17F3N2O2/c1-2-19(7-6-18)9-12(20)10-21-13-5-3-4-11(8-13)14(15,16)17/h3-5,8,12,20H,2,7,9-10H2,1H3. The van der Waals surface area contributed by atoms with Gasteiger partial charge < -0.3 is 9.84 Å². The van der Waals surface area contributed by atoms with Gasteiger partial charge in [0.2, 0.25) is 0 Å². The Morgan fingerprint density at radius 1 is 1.43 bits per heavy atom. The van der Waals surface area contributed by atoms with Crippen molar-refractivity contribution in [1.29, 1.82) is 5.26 Å². The fraction of sp³-hybridized carbons (Fsp3) is 0.500. The van der Waals surface area contributed by atoms with Crippen LogP contribution in [0.15, 0.2) is 24.3 Å². The maximum Gasteiger partial charge on any atom is 0.416 e. The van der Waals surface area contributed by atoms with Gasteiger partial charge in [0.1, 0.15) is 18.5 Å². The second-order valence-corrected chi connectivity index (χ2v) is 4.48. The van der Waals surface area contributed by atoms with Crippen LogP contribution in [0.3, 0.4) is 0 Å². The number of hydrogen-bond acceptors (Lipinski definition) is 4. The lowest BCUT2D eigenvalue weighted by Gasteiger charge is -2.21. The quantitative estimate of drug-likeness (QED) is 0.785. The van der Waals surface area contributed by atoms with Gasteiger partial charge in [0.05, 0.1) is 18.2 Å². The predicted octanol–water partition coefficient (Wildman–Crippen LogP) is 2.29. The van der Waals surface area contributed by atoms with Gasteiger partial charge in [-0.2, -0.15) is 18.4 Å². The Bertz CT molecular complexity index is 486. The zero-order chi connectivity index (χ0) is 15.9. The summed E-state index contributed by atoms with van der Waals surface area (Å²) in [6.45, 7) is 2.70. The van der Waals surface area contributed by atoms with E-state index in [0.717, 1.165) is 12.1 Å². The van der Waals surface area contributed by atoms with Gasteiger partial charge in [0.15, 0.2) is 0 Å². The lowest BCUT2D eigenvalue weighted by molar-refractivity contribution is -0.137. The summed E-state index contributed by atoms with van der Waals surface area (Å²) in [5.41, 5.74) is -0.797. The first-order valence-electron chi connectivity index (χ1n) is 6.44. The van der Waals surface area contributed by atoms with Crippen molar-refractivity contribution in [2.75, 3.05) is 26.2 Å². The molecule has 0 radical (unpaired) electrons. The molecule has 0 spiro atoms. The highest BCUT2D eigenvalue weighted by molar-refractivity contribution is 5.30. The maximum absolute atomic E-state index is 12.5. The molecule has 0 amide bonds. The molecule has 116 valence electrons. The van der Waals surface area contributed by atoms with Crippen molar-refractivity contribution in [3.8, 4) is 11.8 Å². The molecule has 1 unspecified atom stereocenters. The van der Waals surface area contributed by atoms with Crippen LogP contribution in [-0.4, -0.2) is 42.4 Å². The number of hydrogen-bond donors (Lipinski definition) is 1. The Hall–Kier alpha value is -1.78. The molecule has 0 heterocycles. The highest BCUT2D eigenvalue weighted by Crippen LogP contribution is 2.31. The highest BCUT2D eigenvalue weighted by Gasteiger charge is 2.30. The van der Waals surface area contributed by atoms with Gasteiger partial charge in [0.25, 0.3) is 0 Å². The Morgan fingerprint density at radius 2 is 2.14 bits per heavy atom. The number of aliphatic hydroxyl groups excluding tert-OH is 1. The van der Waals surface area contributed by atoms with E-state index in [1.54, 1.807) is 4.90 Å². The Balaban J connectivity index is 2.53. The number of benzene rings is 1. The number of likely N-dealkylation sites (N-methyl/N-ethyl adjacent to an activating group) is 1. The molecule has 0 aliphatic heterocycles. The van der Waals surface area contributed by atoms with Gasteiger partial charge in [-0.1, -0.05) is 13.0 Å². The van der Waals surface area contributed by atoms with Gasteiger partial charge in [-0.05, 0) is 24.7 Å². The van der Waals surface area contributed by atoms with Crippen molar-refractivity contribution in [1.82, 2.24) is 4.90 Å². The van der Waals surface area contributed by atoms with E-state index in [9.17, 15) is 18.3 Å². The van der Waals surface area contributed by atoms with Crippen molar-refractivity contribution < 1.29 is 23.0 Å². The third-order valence-electron chi connectivity index (χ3n) is 2.81. The number of aliphatic hydroxyl groups is 1. The average Bonchev–Trinajstić information content (AvgIpc) is 2.44. The van der Waals surface area contributed by atoms with E-state index in [1.807, 2.05) is 13.0 Å². The lowest BCUT2D eigenvalue weighted by atomic mass is 10.2. The van der Waals surface area contributed by atoms with E-state index in [4.69, 9.17) is 10.00 Å². The molecule has 1 N–H and O–H groups in total. The van der Waals surface area contributed by atoms with Crippen LogP contribution in [0.4, 0.5) is 13.2 Å². The SMILES string of the molecule is CCN(CC#N)CC(O)COc1cccc(C(F)(F)F)c1. The number of nitriles is 1. The van der Waals surface area contributed by atoms with Crippen LogP contribution in [0.2, 0.25) is 0 Å². The second kappa shape index (κ2) is 7.86. The number of alkyl halides is 3. The summed E-state index contributed by atoms with van der Waals surface area (Å²) in [6, 6.07) is 6.46. The largest absolute Gasteiger partial charge is 0.491 e. The predicted molar refractivity (Wildman–Crippen MR) is 70.7 cm³/mol. The zero-order valence-corrected chi connectivity index (χ0v) is 11.6. The van der Waals surface area contributed by atoms with Crippen LogP contribution >= 0.6 is 0 Å². The molecule has 0 saturated heterocycles. The molecule has 21 heavy (non-hydrogen) atoms. The molecule has 4 nitrogen and oxygen atoms in total. The number of nitrogens with zero attached hydrogens (tertiary/aromatic N) is 2. The Morgan fingerprint density at radius 3 is 2.71 bits per heavy atom. The first-order valence-corrected chi connectivity index (χ1v) is 6.44. The van der Waals surface area contributed by atoms with Gasteiger partial charge in [-0.15, -0.1) is 0 Å². The van der Waals surface area contributed by atoms with Crippen LogP contribution < -0.4 is 4.74 Å². The fourth-order valence-corrected chi connectivity index (χ4v) is 1.71. The summed E-state index contributed by atoms with van der Waals surface area (Å²) in [4.78, 5) is 1.71. The van der Waals surface area contributed by atoms with Crippen LogP contribution in [-0.2, 0) is 6.18 Å². The fourth-order valence-electron chi connectivity index (χ4n) is 1.71. The molecule has 0 aromatic heterocycles. The van der Waals surface area contributed by atoms with Crippen molar-refractivity contribution in [3.63, 3.8) is 0 Å². The van der Waals surface area contributed by atoms with Crippen molar-refractivity contribution in [2.24, 2.45) is 0 Å². The van der Waals surface area contributed by atoms with E-state index in [1.165, 1.54) is 12.1 Å². The molecule has 1 rings (SSSR count). The number of rotatable bonds is 7. The highest BCUT2D eigenvalue weighted by atomic mass is 19.4. The molecule has 1 atom stereocenters. The smallest absolute Gasteiger partial charge is 0.416 e. The minimum atomic E-state index is -4.43. The van der Waals surface area contributed by atoms with E-state index in [-0.39, 0.29) is 25.4 Å². The topological polar surface area (TPSA) is 56.5 Å². The van der Waals surface area contributed by atoms with Gasteiger partial charge in [-0.25, -0.2) is 0 Å². The zero-order valence-electron chi connectivity index (χ0n) is 11.6. The summed E-state index contributed by atoms with van der Waals surface area (Å²) in [5, 5.41) is 18.4. The molecule has 0 aliphatic carbocycles. The van der Waals surface area contributed by atoms with E-state index in [2.05, 4.69) is 0 Å². The van der Waals surface area contributed by atoms with E-state index < -0.39 is 17.8 Å². The van der Waals surface area contributed by atoms with E-state index >= 15 is 0 Å². The van der Waals surface area contributed by atoms with Crippen molar-refractivity contribution >= 4 is 0 Å². The molecule has 0 fully saturated rings. The summed E-state index contributed by atoms with van der Waals surface area (Å²) >= 11 is 0. The molecule has 0 aliphatic rings. The summed E-state index contributed by atoms with van der Waals surface area (Å²) in [7, 11) is 0. The average molecular weight is 302 g/mol. The molecular formula is C14H17F3N2O2. The monoisotopic (exact) mass is 302 g/mol.